The Labute approximate surface area is 124 Å². The van der Waals surface area contributed by atoms with Crippen LogP contribution in [0.25, 0.3) is 0 Å². The third-order valence-electron chi connectivity index (χ3n) is 3.34. The number of aliphatic hydroxyl groups is 1. The van der Waals surface area contributed by atoms with E-state index < -0.39 is 6.10 Å². The van der Waals surface area contributed by atoms with Gasteiger partial charge in [-0.05, 0) is 36.1 Å². The van der Waals surface area contributed by atoms with Gasteiger partial charge in [-0.25, -0.2) is 0 Å². The maximum absolute atomic E-state index is 10.2. The first-order valence-corrected chi connectivity index (χ1v) is 6.96. The Bertz CT molecular complexity index is 574. The number of hydrogen-bond acceptors (Lipinski definition) is 2. The zero-order valence-electron chi connectivity index (χ0n) is 11.0. The minimum absolute atomic E-state index is 0.182. The fourth-order valence-electron chi connectivity index (χ4n) is 2.17. The molecule has 0 spiro atoms. The van der Waals surface area contributed by atoms with Gasteiger partial charge in [-0.15, -0.1) is 0 Å². The number of rotatable bonds is 5. The minimum Gasteiger partial charge on any atom is -0.388 e. The van der Waals surface area contributed by atoms with E-state index in [1.807, 2.05) is 42.5 Å². The van der Waals surface area contributed by atoms with Crippen molar-refractivity contribution < 1.29 is 5.11 Å². The lowest BCUT2D eigenvalue weighted by Gasteiger charge is -2.14. The molecule has 1 N–H and O–H groups in total. The highest BCUT2D eigenvalue weighted by Crippen LogP contribution is 2.26. The maximum atomic E-state index is 10.2. The Morgan fingerprint density at radius 3 is 2.20 bits per heavy atom. The van der Waals surface area contributed by atoms with E-state index in [-0.39, 0.29) is 5.92 Å². The molecule has 0 radical (unpaired) electrons. The Balaban J connectivity index is 1.97. The lowest BCUT2D eigenvalue weighted by molar-refractivity contribution is 0.163. The molecule has 0 heterocycles. The van der Waals surface area contributed by atoms with Crippen LogP contribution in [0.5, 0.6) is 0 Å². The fourth-order valence-corrected chi connectivity index (χ4v) is 2.29. The molecular weight excluding hydrogens is 270 g/mol. The number of halogens is 1. The second-order valence-electron chi connectivity index (χ2n) is 4.74. The normalized spacial score (nSPS) is 13.4. The van der Waals surface area contributed by atoms with Crippen molar-refractivity contribution >= 4 is 11.6 Å². The van der Waals surface area contributed by atoms with Crippen molar-refractivity contribution in [2.45, 2.75) is 24.9 Å². The van der Waals surface area contributed by atoms with Gasteiger partial charge in [0.1, 0.15) is 0 Å². The number of aliphatic hydroxyl groups excluding tert-OH is 1. The second kappa shape index (κ2) is 7.09. The van der Waals surface area contributed by atoms with Gasteiger partial charge in [0.25, 0.3) is 0 Å². The lowest BCUT2D eigenvalue weighted by Crippen LogP contribution is -2.02. The van der Waals surface area contributed by atoms with Crippen LogP contribution in [0, 0.1) is 11.3 Å². The van der Waals surface area contributed by atoms with E-state index in [2.05, 4.69) is 6.07 Å². The van der Waals surface area contributed by atoms with Gasteiger partial charge in [-0.3, -0.25) is 0 Å². The van der Waals surface area contributed by atoms with Gasteiger partial charge in [0.05, 0.1) is 18.1 Å². The molecular formula is C17H16ClNO. The third-order valence-corrected chi connectivity index (χ3v) is 3.59. The summed E-state index contributed by atoms with van der Waals surface area (Å²) in [6.45, 7) is 0. The van der Waals surface area contributed by atoms with E-state index in [4.69, 9.17) is 11.6 Å². The van der Waals surface area contributed by atoms with E-state index in [0.717, 1.165) is 11.1 Å². The van der Waals surface area contributed by atoms with Gasteiger partial charge in [-0.1, -0.05) is 54.1 Å². The molecule has 3 heteroatoms. The smallest absolute Gasteiger partial charge is 0.0790 e. The molecule has 0 aliphatic carbocycles. The maximum Gasteiger partial charge on any atom is 0.0790 e. The number of hydrogen-bond donors (Lipinski definition) is 1. The molecule has 2 atom stereocenters. The standard InChI is InChI=1S/C17H16ClNO/c18-16-9-6-14(7-10-16)17(20)11-8-15(12-19)13-4-2-1-3-5-13/h1-7,9-10,15,17,20H,8,11H2. The summed E-state index contributed by atoms with van der Waals surface area (Å²) in [6, 6.07) is 19.1. The highest BCUT2D eigenvalue weighted by Gasteiger charge is 2.14. The quantitative estimate of drug-likeness (QED) is 0.881. The first-order valence-electron chi connectivity index (χ1n) is 6.59. The second-order valence-corrected chi connectivity index (χ2v) is 5.17. The molecule has 0 aromatic heterocycles. The lowest BCUT2D eigenvalue weighted by atomic mass is 9.93. The molecule has 0 bridgehead atoms. The monoisotopic (exact) mass is 285 g/mol. The molecule has 102 valence electrons. The van der Waals surface area contributed by atoms with Crippen LogP contribution in [0.2, 0.25) is 5.02 Å². The Hall–Kier alpha value is -1.82. The molecule has 2 nitrogen and oxygen atoms in total. The summed E-state index contributed by atoms with van der Waals surface area (Å²) in [5.74, 6) is -0.182. The van der Waals surface area contributed by atoms with E-state index in [1.165, 1.54) is 0 Å². The van der Waals surface area contributed by atoms with Crippen LogP contribution >= 0.6 is 11.6 Å². The average molecular weight is 286 g/mol. The third kappa shape index (κ3) is 3.84. The van der Waals surface area contributed by atoms with E-state index >= 15 is 0 Å². The summed E-state index contributed by atoms with van der Waals surface area (Å²) < 4.78 is 0. The minimum atomic E-state index is -0.563. The Morgan fingerprint density at radius 1 is 0.950 bits per heavy atom. The van der Waals surface area contributed by atoms with Crippen LogP contribution in [0.3, 0.4) is 0 Å². The summed E-state index contributed by atoms with van der Waals surface area (Å²) in [7, 11) is 0. The summed E-state index contributed by atoms with van der Waals surface area (Å²) >= 11 is 5.82. The summed E-state index contributed by atoms with van der Waals surface area (Å²) in [5, 5.41) is 20.1. The topological polar surface area (TPSA) is 44.0 Å². The number of benzene rings is 2. The van der Waals surface area contributed by atoms with Gasteiger partial charge >= 0.3 is 0 Å². The molecule has 2 unspecified atom stereocenters. The molecule has 0 aliphatic rings. The van der Waals surface area contributed by atoms with Gasteiger partial charge in [-0.2, -0.15) is 5.26 Å². The molecule has 2 aromatic rings. The first-order chi connectivity index (χ1) is 9.70. The average Bonchev–Trinajstić information content (AvgIpc) is 2.49. The van der Waals surface area contributed by atoms with Crippen LogP contribution in [-0.2, 0) is 0 Å². The number of nitriles is 1. The van der Waals surface area contributed by atoms with Gasteiger partial charge < -0.3 is 5.11 Å². The van der Waals surface area contributed by atoms with Crippen LogP contribution in [-0.4, -0.2) is 5.11 Å². The van der Waals surface area contributed by atoms with Crippen molar-refractivity contribution in [3.63, 3.8) is 0 Å². The summed E-state index contributed by atoms with van der Waals surface area (Å²) in [5.41, 5.74) is 1.83. The number of nitrogens with zero attached hydrogens (tertiary/aromatic N) is 1. The SMILES string of the molecule is N#CC(CCC(O)c1ccc(Cl)cc1)c1ccccc1. The van der Waals surface area contributed by atoms with Crippen LogP contribution in [0.15, 0.2) is 54.6 Å². The van der Waals surface area contributed by atoms with Crippen molar-refractivity contribution in [1.29, 1.82) is 5.26 Å². The van der Waals surface area contributed by atoms with Gasteiger partial charge in [0.15, 0.2) is 0 Å². The van der Waals surface area contributed by atoms with Crippen LogP contribution in [0.1, 0.15) is 36.0 Å². The highest BCUT2D eigenvalue weighted by molar-refractivity contribution is 6.30. The van der Waals surface area contributed by atoms with E-state index in [0.29, 0.717) is 17.9 Å². The van der Waals surface area contributed by atoms with Gasteiger partial charge in [0, 0.05) is 5.02 Å². The van der Waals surface area contributed by atoms with Crippen molar-refractivity contribution in [3.05, 3.63) is 70.7 Å². The molecule has 20 heavy (non-hydrogen) atoms. The summed E-state index contributed by atoms with van der Waals surface area (Å²) in [6.07, 6.45) is 0.617. The Morgan fingerprint density at radius 2 is 1.60 bits per heavy atom. The van der Waals surface area contributed by atoms with E-state index in [9.17, 15) is 10.4 Å². The molecule has 0 fully saturated rings. The van der Waals surface area contributed by atoms with Gasteiger partial charge in [0.2, 0.25) is 0 Å². The summed E-state index contributed by atoms with van der Waals surface area (Å²) in [4.78, 5) is 0. The molecule has 0 amide bonds. The van der Waals surface area contributed by atoms with Crippen molar-refractivity contribution in [3.8, 4) is 6.07 Å². The van der Waals surface area contributed by atoms with Crippen LogP contribution < -0.4 is 0 Å². The molecule has 0 saturated carbocycles. The van der Waals surface area contributed by atoms with Crippen LogP contribution in [0.4, 0.5) is 0 Å². The zero-order valence-corrected chi connectivity index (χ0v) is 11.8. The van der Waals surface area contributed by atoms with E-state index in [1.54, 1.807) is 12.1 Å². The predicted molar refractivity (Wildman–Crippen MR) is 80.4 cm³/mol. The fraction of sp³-hybridized carbons (Fsp3) is 0.235. The molecule has 2 rings (SSSR count). The largest absolute Gasteiger partial charge is 0.388 e. The zero-order chi connectivity index (χ0) is 14.4. The van der Waals surface area contributed by atoms with Crippen molar-refractivity contribution in [1.82, 2.24) is 0 Å². The van der Waals surface area contributed by atoms with Crippen molar-refractivity contribution in [2.75, 3.05) is 0 Å². The Kier molecular flexibility index (Phi) is 5.17. The first kappa shape index (κ1) is 14.6. The predicted octanol–water partition coefficient (Wildman–Crippen LogP) is 4.46. The molecule has 0 saturated heterocycles. The molecule has 2 aromatic carbocycles. The highest BCUT2D eigenvalue weighted by atomic mass is 35.5. The molecule has 0 aliphatic heterocycles. The van der Waals surface area contributed by atoms with Crippen molar-refractivity contribution in [2.24, 2.45) is 0 Å².